The van der Waals surface area contributed by atoms with E-state index >= 15 is 0 Å². The second-order valence-electron chi connectivity index (χ2n) is 4.75. The zero-order valence-electron chi connectivity index (χ0n) is 8.80. The Balaban J connectivity index is 2.25. The number of aliphatic imine (C=N–C) groups is 1. The molecule has 0 amide bonds. The van der Waals surface area contributed by atoms with Crippen LogP contribution < -0.4 is 5.73 Å². The first kappa shape index (κ1) is 8.85. The van der Waals surface area contributed by atoms with E-state index < -0.39 is 0 Å². The van der Waals surface area contributed by atoms with Crippen LogP contribution in [0.2, 0.25) is 0 Å². The molecule has 0 aromatic rings. The van der Waals surface area contributed by atoms with Crippen LogP contribution in [0, 0.1) is 5.41 Å². The van der Waals surface area contributed by atoms with E-state index in [1.165, 1.54) is 12.8 Å². The van der Waals surface area contributed by atoms with Crippen LogP contribution >= 0.6 is 0 Å². The molecule has 74 valence electrons. The van der Waals surface area contributed by atoms with Gasteiger partial charge in [-0.25, -0.2) is 0 Å². The van der Waals surface area contributed by atoms with Gasteiger partial charge in [0.15, 0.2) is 5.96 Å². The summed E-state index contributed by atoms with van der Waals surface area (Å²) in [7, 11) is 0. The Morgan fingerprint density at radius 3 is 2.54 bits per heavy atom. The molecule has 0 saturated heterocycles. The van der Waals surface area contributed by atoms with Crippen LogP contribution in [0.4, 0.5) is 0 Å². The summed E-state index contributed by atoms with van der Waals surface area (Å²) in [5.41, 5.74) is 6.50. The van der Waals surface area contributed by atoms with Crippen LogP contribution in [-0.2, 0) is 0 Å². The first-order valence-electron chi connectivity index (χ1n) is 5.11. The summed E-state index contributed by atoms with van der Waals surface area (Å²) in [6.45, 7) is 8.65. The Kier molecular flexibility index (Phi) is 1.63. The largest absolute Gasteiger partial charge is 0.370 e. The smallest absolute Gasteiger partial charge is 0.191 e. The molecule has 2 aliphatic rings. The number of hydrogen-bond acceptors (Lipinski definition) is 3. The molecule has 0 aromatic carbocycles. The van der Waals surface area contributed by atoms with Crippen molar-refractivity contribution in [1.29, 1.82) is 0 Å². The summed E-state index contributed by atoms with van der Waals surface area (Å²) in [5.74, 6) is 0.734. The predicted octanol–water partition coefficient (Wildman–Crippen LogP) is 1.20. The molecule has 3 nitrogen and oxygen atoms in total. The van der Waals surface area contributed by atoms with Crippen molar-refractivity contribution < 1.29 is 0 Å². The first-order chi connectivity index (χ1) is 6.03. The molecule has 1 aliphatic heterocycles. The van der Waals surface area contributed by atoms with E-state index in [9.17, 15) is 0 Å². The highest BCUT2D eigenvalue weighted by Crippen LogP contribution is 2.56. The van der Waals surface area contributed by atoms with Crippen molar-refractivity contribution in [2.24, 2.45) is 16.1 Å². The van der Waals surface area contributed by atoms with E-state index in [0.29, 0.717) is 5.41 Å². The Bertz CT molecular complexity index is 255. The fourth-order valence-electron chi connectivity index (χ4n) is 2.41. The minimum atomic E-state index is 0.186. The molecule has 0 spiro atoms. The predicted molar refractivity (Wildman–Crippen MR) is 54.6 cm³/mol. The van der Waals surface area contributed by atoms with Crippen LogP contribution in [0.1, 0.15) is 33.6 Å². The third-order valence-electron chi connectivity index (χ3n) is 4.04. The molecule has 2 N–H and O–H groups in total. The van der Waals surface area contributed by atoms with Gasteiger partial charge in [0.25, 0.3) is 0 Å². The molecule has 0 aromatic heterocycles. The number of guanidine groups is 1. The fourth-order valence-corrected chi connectivity index (χ4v) is 2.41. The molecule has 0 bridgehead atoms. The van der Waals surface area contributed by atoms with Gasteiger partial charge in [0.05, 0.1) is 12.1 Å². The summed E-state index contributed by atoms with van der Waals surface area (Å²) in [6, 6.07) is 0. The fraction of sp³-hybridized carbons (Fsp3) is 0.900. The summed E-state index contributed by atoms with van der Waals surface area (Å²) in [4.78, 5) is 6.63. The average Bonchev–Trinajstić information content (AvgIpc) is 2.76. The topological polar surface area (TPSA) is 41.6 Å². The van der Waals surface area contributed by atoms with Crippen LogP contribution in [0.15, 0.2) is 4.99 Å². The maximum atomic E-state index is 5.87. The van der Waals surface area contributed by atoms with E-state index in [4.69, 9.17) is 5.73 Å². The second kappa shape index (κ2) is 2.40. The Morgan fingerprint density at radius 1 is 1.46 bits per heavy atom. The molecule has 1 heterocycles. The Morgan fingerprint density at radius 2 is 2.08 bits per heavy atom. The lowest BCUT2D eigenvalue weighted by Gasteiger charge is -2.41. The molecular formula is C10H19N3. The van der Waals surface area contributed by atoms with Gasteiger partial charge in [0, 0.05) is 6.54 Å². The van der Waals surface area contributed by atoms with Gasteiger partial charge in [-0.15, -0.1) is 0 Å². The zero-order valence-corrected chi connectivity index (χ0v) is 8.80. The van der Waals surface area contributed by atoms with Crippen molar-refractivity contribution in [3.05, 3.63) is 0 Å². The molecule has 1 fully saturated rings. The van der Waals surface area contributed by atoms with Gasteiger partial charge in [0.2, 0.25) is 0 Å². The highest BCUT2D eigenvalue weighted by atomic mass is 15.4. The minimum Gasteiger partial charge on any atom is -0.370 e. The zero-order chi connectivity index (χ0) is 9.69. The monoisotopic (exact) mass is 181 g/mol. The molecule has 2 rings (SSSR count). The lowest BCUT2D eigenvalue weighted by Crippen LogP contribution is -2.54. The molecule has 0 radical (unpaired) electrons. The van der Waals surface area contributed by atoms with Gasteiger partial charge in [-0.3, -0.25) is 4.99 Å². The lowest BCUT2D eigenvalue weighted by molar-refractivity contribution is 0.138. The van der Waals surface area contributed by atoms with Gasteiger partial charge >= 0.3 is 0 Å². The van der Waals surface area contributed by atoms with Crippen LogP contribution in [0.5, 0.6) is 0 Å². The molecule has 1 saturated carbocycles. The Labute approximate surface area is 80.0 Å². The number of nitrogens with zero attached hydrogens (tertiary/aromatic N) is 2. The van der Waals surface area contributed by atoms with Gasteiger partial charge in [-0.2, -0.15) is 0 Å². The summed E-state index contributed by atoms with van der Waals surface area (Å²) < 4.78 is 0. The molecule has 1 aliphatic carbocycles. The van der Waals surface area contributed by atoms with Crippen molar-refractivity contribution in [1.82, 2.24) is 4.90 Å². The highest BCUT2D eigenvalue weighted by Gasteiger charge is 2.57. The van der Waals surface area contributed by atoms with Gasteiger partial charge in [0.1, 0.15) is 0 Å². The van der Waals surface area contributed by atoms with E-state index in [2.05, 4.69) is 30.7 Å². The highest BCUT2D eigenvalue weighted by molar-refractivity contribution is 5.81. The van der Waals surface area contributed by atoms with Gasteiger partial charge < -0.3 is 10.6 Å². The summed E-state index contributed by atoms with van der Waals surface area (Å²) in [5, 5.41) is 0. The van der Waals surface area contributed by atoms with Gasteiger partial charge in [-0.05, 0) is 32.1 Å². The van der Waals surface area contributed by atoms with Crippen LogP contribution in [-0.4, -0.2) is 29.5 Å². The molecule has 1 unspecified atom stereocenters. The van der Waals surface area contributed by atoms with Crippen molar-refractivity contribution >= 4 is 5.96 Å². The maximum Gasteiger partial charge on any atom is 0.191 e. The normalized spacial score (nSPS) is 36.2. The summed E-state index contributed by atoms with van der Waals surface area (Å²) >= 11 is 0. The standard InChI is InChI=1S/C10H19N3/c1-4-13-8(11)12-7-10(13,3)9(2)5-6-9/h4-7H2,1-3H3,(H2,11,12). The SMILES string of the molecule is CCN1C(N)=NCC1(C)C1(C)CC1. The average molecular weight is 181 g/mol. The van der Waals surface area contributed by atoms with Crippen molar-refractivity contribution in [2.75, 3.05) is 13.1 Å². The van der Waals surface area contributed by atoms with Crippen LogP contribution in [0.25, 0.3) is 0 Å². The van der Waals surface area contributed by atoms with E-state index in [0.717, 1.165) is 19.0 Å². The summed E-state index contributed by atoms with van der Waals surface area (Å²) in [6.07, 6.45) is 2.64. The van der Waals surface area contributed by atoms with Crippen molar-refractivity contribution in [3.8, 4) is 0 Å². The maximum absolute atomic E-state index is 5.87. The van der Waals surface area contributed by atoms with E-state index in [1.807, 2.05) is 0 Å². The second-order valence-corrected chi connectivity index (χ2v) is 4.75. The third-order valence-corrected chi connectivity index (χ3v) is 4.04. The van der Waals surface area contributed by atoms with E-state index in [1.54, 1.807) is 0 Å². The van der Waals surface area contributed by atoms with E-state index in [-0.39, 0.29) is 5.54 Å². The van der Waals surface area contributed by atoms with Crippen LogP contribution in [0.3, 0.4) is 0 Å². The quantitative estimate of drug-likeness (QED) is 0.695. The molecule has 13 heavy (non-hydrogen) atoms. The number of nitrogens with two attached hydrogens (primary N) is 1. The number of hydrogen-bond donors (Lipinski definition) is 1. The molecule has 3 heteroatoms. The third kappa shape index (κ3) is 0.990. The van der Waals surface area contributed by atoms with Crippen molar-refractivity contribution in [3.63, 3.8) is 0 Å². The lowest BCUT2D eigenvalue weighted by atomic mass is 9.83. The number of rotatable bonds is 2. The Hall–Kier alpha value is -0.730. The van der Waals surface area contributed by atoms with Gasteiger partial charge in [-0.1, -0.05) is 6.92 Å². The number of likely N-dealkylation sites (N-methyl/N-ethyl adjacent to an activating group) is 1. The first-order valence-corrected chi connectivity index (χ1v) is 5.11. The molecular weight excluding hydrogens is 162 g/mol. The van der Waals surface area contributed by atoms with Crippen molar-refractivity contribution in [2.45, 2.75) is 39.2 Å². The minimum absolute atomic E-state index is 0.186. The molecule has 1 atom stereocenters.